The Bertz CT molecular complexity index is 1440. The molecule has 35 heavy (non-hydrogen) atoms. The van der Waals surface area contributed by atoms with E-state index in [1.807, 2.05) is 37.3 Å². The van der Waals surface area contributed by atoms with E-state index in [0.29, 0.717) is 26.6 Å². The van der Waals surface area contributed by atoms with E-state index in [2.05, 4.69) is 15.5 Å². The lowest BCUT2D eigenvalue weighted by Gasteiger charge is -2.11. The number of anilines is 1. The van der Waals surface area contributed by atoms with Gasteiger partial charge in [0.15, 0.2) is 20.8 Å². The fourth-order valence-corrected chi connectivity index (χ4v) is 5.82. The fraction of sp³-hybridized carbons (Fsp3) is 0.125. The average Bonchev–Trinajstić information content (AvgIpc) is 3.19. The monoisotopic (exact) mass is 546 g/mol. The topological polar surface area (TPSA) is 94.0 Å². The SMILES string of the molecule is Cc1ccc(S(=O)(=O)Cc2nnc(SCC(=O)Nc3cc(Cl)cc(Cl)c3)n2-c2ccccc2)cc1. The lowest BCUT2D eigenvalue weighted by atomic mass is 10.2. The molecule has 4 aromatic rings. The number of nitrogens with one attached hydrogen (secondary N) is 1. The highest BCUT2D eigenvalue weighted by Gasteiger charge is 2.23. The summed E-state index contributed by atoms with van der Waals surface area (Å²) in [6.45, 7) is 1.89. The van der Waals surface area contributed by atoms with E-state index in [1.54, 1.807) is 47.0 Å². The molecule has 0 aliphatic carbocycles. The zero-order valence-corrected chi connectivity index (χ0v) is 21.6. The largest absolute Gasteiger partial charge is 0.325 e. The second-order valence-electron chi connectivity index (χ2n) is 7.64. The number of sulfone groups is 1. The van der Waals surface area contributed by atoms with Gasteiger partial charge in [0, 0.05) is 21.4 Å². The van der Waals surface area contributed by atoms with E-state index < -0.39 is 9.84 Å². The van der Waals surface area contributed by atoms with Crippen LogP contribution in [-0.4, -0.2) is 34.8 Å². The number of rotatable bonds is 8. The molecule has 0 aliphatic heterocycles. The summed E-state index contributed by atoms with van der Waals surface area (Å²) in [4.78, 5) is 12.7. The maximum Gasteiger partial charge on any atom is 0.234 e. The van der Waals surface area contributed by atoms with Crippen molar-refractivity contribution in [1.29, 1.82) is 0 Å². The molecule has 0 bridgehead atoms. The van der Waals surface area contributed by atoms with Crippen LogP contribution in [0, 0.1) is 6.92 Å². The average molecular weight is 547 g/mol. The van der Waals surface area contributed by atoms with Gasteiger partial charge in [0.25, 0.3) is 0 Å². The van der Waals surface area contributed by atoms with Crippen LogP contribution in [0.4, 0.5) is 5.69 Å². The molecule has 0 saturated heterocycles. The van der Waals surface area contributed by atoms with Gasteiger partial charge < -0.3 is 5.32 Å². The van der Waals surface area contributed by atoms with Crippen molar-refractivity contribution in [3.05, 3.63) is 94.2 Å². The van der Waals surface area contributed by atoms with E-state index >= 15 is 0 Å². The molecule has 0 unspecified atom stereocenters. The van der Waals surface area contributed by atoms with E-state index in [0.717, 1.165) is 17.3 Å². The lowest BCUT2D eigenvalue weighted by Crippen LogP contribution is -2.15. The van der Waals surface area contributed by atoms with Crippen LogP contribution >= 0.6 is 35.0 Å². The third kappa shape index (κ3) is 6.43. The third-order valence-electron chi connectivity index (χ3n) is 4.89. The molecule has 7 nitrogen and oxygen atoms in total. The molecule has 0 fully saturated rings. The van der Waals surface area contributed by atoms with Crippen molar-refractivity contribution in [3.8, 4) is 5.69 Å². The van der Waals surface area contributed by atoms with Crippen LogP contribution in [0.15, 0.2) is 82.8 Å². The first-order chi connectivity index (χ1) is 16.7. The number of carbonyl (C=O) groups is 1. The predicted molar refractivity (Wildman–Crippen MR) is 139 cm³/mol. The van der Waals surface area contributed by atoms with Gasteiger partial charge in [0.1, 0.15) is 5.75 Å². The Kier molecular flexibility index (Phi) is 7.81. The first-order valence-corrected chi connectivity index (χ1v) is 13.8. The maximum atomic E-state index is 13.1. The number of nitrogens with zero attached hydrogens (tertiary/aromatic N) is 3. The van der Waals surface area contributed by atoms with Crippen LogP contribution in [-0.2, 0) is 20.4 Å². The Hall–Kier alpha value is -2.85. The minimum Gasteiger partial charge on any atom is -0.325 e. The second-order valence-corrected chi connectivity index (χ2v) is 11.4. The molecule has 0 spiro atoms. The smallest absolute Gasteiger partial charge is 0.234 e. The fourth-order valence-electron chi connectivity index (χ4n) is 3.28. The molecule has 1 amide bonds. The number of aryl methyl sites for hydroxylation is 1. The van der Waals surface area contributed by atoms with Gasteiger partial charge in [-0.1, -0.05) is 70.9 Å². The number of thioether (sulfide) groups is 1. The molecule has 0 saturated carbocycles. The highest BCUT2D eigenvalue weighted by atomic mass is 35.5. The van der Waals surface area contributed by atoms with Gasteiger partial charge in [-0.15, -0.1) is 10.2 Å². The number of benzene rings is 3. The number of hydrogen-bond acceptors (Lipinski definition) is 6. The minimum absolute atomic E-state index is 0.0137. The number of amides is 1. The number of carbonyl (C=O) groups excluding carboxylic acids is 1. The van der Waals surface area contributed by atoms with Gasteiger partial charge in [0.2, 0.25) is 5.91 Å². The van der Waals surface area contributed by atoms with Gasteiger partial charge >= 0.3 is 0 Å². The molecule has 11 heteroatoms. The summed E-state index contributed by atoms with van der Waals surface area (Å²) in [5.74, 6) is -0.378. The summed E-state index contributed by atoms with van der Waals surface area (Å²) in [6.07, 6.45) is 0. The van der Waals surface area contributed by atoms with Crippen LogP contribution < -0.4 is 5.32 Å². The molecule has 0 atom stereocenters. The summed E-state index contributed by atoms with van der Waals surface area (Å²) in [5, 5.41) is 12.3. The third-order valence-corrected chi connectivity index (χ3v) is 7.89. The van der Waals surface area contributed by atoms with Crippen molar-refractivity contribution in [2.24, 2.45) is 0 Å². The zero-order chi connectivity index (χ0) is 25.0. The number of halogens is 2. The number of hydrogen-bond donors (Lipinski definition) is 1. The predicted octanol–water partition coefficient (Wildman–Crippen LogP) is 5.59. The van der Waals surface area contributed by atoms with Crippen molar-refractivity contribution < 1.29 is 13.2 Å². The minimum atomic E-state index is -3.66. The molecular weight excluding hydrogens is 527 g/mol. The first kappa shape index (κ1) is 25.2. The summed E-state index contributed by atoms with van der Waals surface area (Å²) >= 11 is 13.1. The number of para-hydroxylation sites is 1. The Morgan fingerprint density at radius 1 is 0.971 bits per heavy atom. The van der Waals surface area contributed by atoms with Gasteiger partial charge in [-0.05, 0) is 49.4 Å². The first-order valence-electron chi connectivity index (χ1n) is 10.4. The highest BCUT2D eigenvalue weighted by Crippen LogP contribution is 2.26. The van der Waals surface area contributed by atoms with Crippen molar-refractivity contribution >= 4 is 56.4 Å². The van der Waals surface area contributed by atoms with Gasteiger partial charge in [0.05, 0.1) is 10.6 Å². The van der Waals surface area contributed by atoms with E-state index in [4.69, 9.17) is 23.2 Å². The molecule has 4 rings (SSSR count). The van der Waals surface area contributed by atoms with Crippen LogP contribution in [0.5, 0.6) is 0 Å². The lowest BCUT2D eigenvalue weighted by molar-refractivity contribution is -0.113. The maximum absolute atomic E-state index is 13.1. The molecule has 0 aliphatic rings. The van der Waals surface area contributed by atoms with E-state index in [1.165, 1.54) is 0 Å². The standard InChI is InChI=1S/C24H20Cl2N4O3S2/c1-16-7-9-21(10-8-16)35(32,33)15-22-28-29-24(30(22)20-5-3-2-4-6-20)34-14-23(31)27-19-12-17(25)11-18(26)13-19/h2-13H,14-15H2,1H3,(H,27,31). The quantitative estimate of drug-likeness (QED) is 0.289. The summed E-state index contributed by atoms with van der Waals surface area (Å²) in [5.41, 5.74) is 2.13. The van der Waals surface area contributed by atoms with Crippen LogP contribution in [0.25, 0.3) is 5.69 Å². The molecule has 180 valence electrons. The van der Waals surface area contributed by atoms with Crippen LogP contribution in [0.2, 0.25) is 10.0 Å². The second kappa shape index (κ2) is 10.8. The number of aromatic nitrogens is 3. The highest BCUT2D eigenvalue weighted by molar-refractivity contribution is 7.99. The molecule has 1 N–H and O–H groups in total. The van der Waals surface area contributed by atoms with Crippen molar-refractivity contribution in [2.45, 2.75) is 22.7 Å². The normalized spacial score (nSPS) is 11.4. The Labute approximate surface area is 217 Å². The summed E-state index contributed by atoms with van der Waals surface area (Å²) in [6, 6.07) is 20.6. The van der Waals surface area contributed by atoms with Crippen LogP contribution in [0.1, 0.15) is 11.4 Å². The van der Waals surface area contributed by atoms with Crippen molar-refractivity contribution in [3.63, 3.8) is 0 Å². The van der Waals surface area contributed by atoms with Crippen LogP contribution in [0.3, 0.4) is 0 Å². The van der Waals surface area contributed by atoms with E-state index in [9.17, 15) is 13.2 Å². The zero-order valence-electron chi connectivity index (χ0n) is 18.5. The van der Waals surface area contributed by atoms with Gasteiger partial charge in [-0.2, -0.15) is 0 Å². The van der Waals surface area contributed by atoms with E-state index in [-0.39, 0.29) is 28.1 Å². The van der Waals surface area contributed by atoms with Crippen molar-refractivity contribution in [2.75, 3.05) is 11.1 Å². The molecule has 1 heterocycles. The Morgan fingerprint density at radius 2 is 1.63 bits per heavy atom. The molecule has 1 aromatic heterocycles. The summed E-state index contributed by atoms with van der Waals surface area (Å²) in [7, 11) is -3.66. The van der Waals surface area contributed by atoms with Gasteiger partial charge in [-0.3, -0.25) is 9.36 Å². The Balaban J connectivity index is 1.57. The van der Waals surface area contributed by atoms with Gasteiger partial charge in [-0.25, -0.2) is 8.42 Å². The summed E-state index contributed by atoms with van der Waals surface area (Å²) < 4.78 is 27.8. The molecule has 0 radical (unpaired) electrons. The Morgan fingerprint density at radius 3 is 2.29 bits per heavy atom. The molecule has 3 aromatic carbocycles. The van der Waals surface area contributed by atoms with Crippen molar-refractivity contribution in [1.82, 2.24) is 14.8 Å². The molecular formula is C24H20Cl2N4O3S2.